The van der Waals surface area contributed by atoms with Gasteiger partial charge in [0.25, 0.3) is 0 Å². The number of rotatable bonds is 5. The number of fused-ring (bicyclic) bond motifs is 1. The van der Waals surface area contributed by atoms with Crippen molar-refractivity contribution in [3.8, 4) is 0 Å². The summed E-state index contributed by atoms with van der Waals surface area (Å²) in [5.41, 5.74) is 5.82. The fourth-order valence-electron chi connectivity index (χ4n) is 3.41. The van der Waals surface area contributed by atoms with Crippen LogP contribution in [0.25, 0.3) is 16.6 Å². The smallest absolute Gasteiger partial charge is 0.331 e. The predicted molar refractivity (Wildman–Crippen MR) is 99.9 cm³/mol. The first-order valence-corrected chi connectivity index (χ1v) is 8.85. The largest absolute Gasteiger partial charge is 0.463 e. The number of carbonyl (C=O) groups is 1. The van der Waals surface area contributed by atoms with Gasteiger partial charge in [-0.15, -0.1) is 0 Å². The Hall–Kier alpha value is -2.53. The molecule has 10 nitrogen and oxygen atoms in total. The van der Waals surface area contributed by atoms with Crippen LogP contribution in [0.3, 0.4) is 0 Å². The van der Waals surface area contributed by atoms with E-state index >= 15 is 0 Å². The van der Waals surface area contributed by atoms with Gasteiger partial charge in [-0.3, -0.25) is 0 Å². The summed E-state index contributed by atoms with van der Waals surface area (Å²) < 4.78 is 12.2. The van der Waals surface area contributed by atoms with Gasteiger partial charge in [0, 0.05) is 17.8 Å². The third-order valence-electron chi connectivity index (χ3n) is 4.87. The van der Waals surface area contributed by atoms with E-state index in [-0.39, 0.29) is 12.4 Å². The summed E-state index contributed by atoms with van der Waals surface area (Å²) in [5.74, 6) is -0.316. The Morgan fingerprint density at radius 2 is 2.21 bits per heavy atom. The molecule has 1 aliphatic heterocycles. The van der Waals surface area contributed by atoms with E-state index in [0.29, 0.717) is 22.2 Å². The number of anilines is 1. The van der Waals surface area contributed by atoms with E-state index in [1.54, 1.807) is 20.0 Å². The second-order valence-electron chi connectivity index (χ2n) is 6.87. The van der Waals surface area contributed by atoms with E-state index < -0.39 is 36.6 Å². The van der Waals surface area contributed by atoms with Gasteiger partial charge in [0.2, 0.25) is 0 Å². The minimum absolute atomic E-state index is 0.187. The first-order chi connectivity index (χ1) is 13.2. The van der Waals surface area contributed by atoms with Gasteiger partial charge in [-0.2, -0.15) is 0 Å². The minimum atomic E-state index is -1.70. The van der Waals surface area contributed by atoms with Crippen molar-refractivity contribution in [3.63, 3.8) is 0 Å². The van der Waals surface area contributed by atoms with Crippen LogP contribution < -0.4 is 5.73 Å². The van der Waals surface area contributed by atoms with Gasteiger partial charge >= 0.3 is 5.97 Å². The predicted octanol–water partition coefficient (Wildman–Crippen LogP) is -0.0185. The second-order valence-corrected chi connectivity index (χ2v) is 6.87. The standard InChI is InChI=1S/C18H24N4O6/c1-4-27-12(24)5-9(2)10-6-22(16-13(10)15(19)20-8-21-16)17-18(3,26)14(25)11(7-23)28-17/h5-6,8,11,14,17,23,25-26H,4,7H2,1-3H3,(H2,19,20,21)/t11-,14-,17?,18+/m1/s1. The molecule has 152 valence electrons. The summed E-state index contributed by atoms with van der Waals surface area (Å²) in [6, 6.07) is 0. The summed E-state index contributed by atoms with van der Waals surface area (Å²) in [5, 5.41) is 31.0. The SMILES string of the molecule is CCOC(=O)C=C(C)c1cn(C2O[C@H](CO)[C@@H](O)[C@]2(C)O)c2ncnc(N)c12. The van der Waals surface area contributed by atoms with Crippen molar-refractivity contribution in [1.82, 2.24) is 14.5 Å². The van der Waals surface area contributed by atoms with Crippen LogP contribution in [-0.2, 0) is 14.3 Å². The molecule has 0 radical (unpaired) electrons. The quantitative estimate of drug-likeness (QED) is 0.406. The van der Waals surface area contributed by atoms with Crippen LogP contribution in [0.4, 0.5) is 5.82 Å². The number of aromatic nitrogens is 3. The Labute approximate surface area is 161 Å². The molecule has 0 spiro atoms. The summed E-state index contributed by atoms with van der Waals surface area (Å²) in [6.07, 6.45) is 0.905. The molecule has 4 atom stereocenters. The van der Waals surface area contributed by atoms with E-state index in [2.05, 4.69) is 9.97 Å². The number of ether oxygens (including phenoxy) is 2. The molecule has 3 heterocycles. The molecule has 10 heteroatoms. The highest BCUT2D eigenvalue weighted by Gasteiger charge is 2.53. The number of nitrogens with two attached hydrogens (primary N) is 1. The monoisotopic (exact) mass is 392 g/mol. The second kappa shape index (κ2) is 7.47. The molecule has 2 aromatic rings. The fourth-order valence-corrected chi connectivity index (χ4v) is 3.41. The van der Waals surface area contributed by atoms with Crippen LogP contribution in [0.2, 0.25) is 0 Å². The zero-order valence-electron chi connectivity index (χ0n) is 15.9. The van der Waals surface area contributed by atoms with Crippen molar-refractivity contribution in [2.24, 2.45) is 0 Å². The summed E-state index contributed by atoms with van der Waals surface area (Å²) in [4.78, 5) is 20.1. The summed E-state index contributed by atoms with van der Waals surface area (Å²) in [6.45, 7) is 4.62. The first-order valence-electron chi connectivity index (χ1n) is 8.85. The van der Waals surface area contributed by atoms with Gasteiger partial charge < -0.3 is 35.1 Å². The molecular weight excluding hydrogens is 368 g/mol. The number of aliphatic hydroxyl groups excluding tert-OH is 2. The van der Waals surface area contributed by atoms with Gasteiger partial charge in [-0.25, -0.2) is 14.8 Å². The van der Waals surface area contributed by atoms with Gasteiger partial charge in [-0.1, -0.05) is 0 Å². The molecule has 0 aliphatic carbocycles. The zero-order chi connectivity index (χ0) is 20.6. The molecule has 1 fully saturated rings. The number of nitrogens with zero attached hydrogens (tertiary/aromatic N) is 3. The van der Waals surface area contributed by atoms with Gasteiger partial charge in [0.05, 0.1) is 18.6 Å². The van der Waals surface area contributed by atoms with Crippen LogP contribution in [0, 0.1) is 0 Å². The molecule has 2 aromatic heterocycles. The van der Waals surface area contributed by atoms with Crippen LogP contribution in [0.15, 0.2) is 18.6 Å². The lowest BCUT2D eigenvalue weighted by atomic mass is 9.96. The molecule has 1 unspecified atom stereocenters. The molecule has 1 aliphatic rings. The van der Waals surface area contributed by atoms with Crippen molar-refractivity contribution in [1.29, 1.82) is 0 Å². The van der Waals surface area contributed by atoms with Gasteiger partial charge in [0.1, 0.15) is 35.6 Å². The number of esters is 1. The van der Waals surface area contributed by atoms with Crippen molar-refractivity contribution < 1.29 is 29.6 Å². The first kappa shape index (κ1) is 20.2. The van der Waals surface area contributed by atoms with Crippen molar-refractivity contribution in [2.75, 3.05) is 18.9 Å². The molecule has 1 saturated heterocycles. The van der Waals surface area contributed by atoms with Crippen LogP contribution in [0.5, 0.6) is 0 Å². The Kier molecular flexibility index (Phi) is 5.39. The van der Waals surface area contributed by atoms with Crippen molar-refractivity contribution in [3.05, 3.63) is 24.2 Å². The lowest BCUT2D eigenvalue weighted by Crippen LogP contribution is -2.44. The molecule has 28 heavy (non-hydrogen) atoms. The number of hydrogen-bond acceptors (Lipinski definition) is 9. The molecule has 0 aromatic carbocycles. The number of hydrogen-bond donors (Lipinski definition) is 4. The summed E-state index contributed by atoms with van der Waals surface area (Å²) >= 11 is 0. The maximum absolute atomic E-state index is 11.8. The maximum atomic E-state index is 11.8. The number of aliphatic hydroxyl groups is 3. The molecule has 0 saturated carbocycles. The Bertz CT molecular complexity index is 922. The molecule has 3 rings (SSSR count). The fraction of sp³-hybridized carbons (Fsp3) is 0.500. The summed E-state index contributed by atoms with van der Waals surface area (Å²) in [7, 11) is 0. The number of carbonyl (C=O) groups excluding carboxylic acids is 1. The van der Waals surface area contributed by atoms with Crippen LogP contribution in [0.1, 0.15) is 32.6 Å². The van der Waals surface area contributed by atoms with Crippen molar-refractivity contribution in [2.45, 2.75) is 44.8 Å². The lowest BCUT2D eigenvalue weighted by Gasteiger charge is -2.27. The third kappa shape index (κ3) is 3.24. The molecule has 0 amide bonds. The van der Waals surface area contributed by atoms with Crippen LogP contribution in [-0.4, -0.2) is 66.8 Å². The Balaban J connectivity index is 2.16. The molecule has 5 N–H and O–H groups in total. The topological polar surface area (TPSA) is 153 Å². The van der Waals surface area contributed by atoms with Gasteiger partial charge in [-0.05, 0) is 26.3 Å². The number of nitrogen functional groups attached to an aromatic ring is 1. The van der Waals surface area contributed by atoms with E-state index in [4.69, 9.17) is 15.2 Å². The molecule has 0 bridgehead atoms. The van der Waals surface area contributed by atoms with Crippen molar-refractivity contribution >= 4 is 28.4 Å². The third-order valence-corrected chi connectivity index (χ3v) is 4.87. The average molecular weight is 392 g/mol. The normalized spacial score (nSPS) is 28.1. The van der Waals surface area contributed by atoms with Crippen LogP contribution >= 0.6 is 0 Å². The zero-order valence-corrected chi connectivity index (χ0v) is 15.9. The van der Waals surface area contributed by atoms with E-state index in [1.165, 1.54) is 23.9 Å². The van der Waals surface area contributed by atoms with Gasteiger partial charge in [0.15, 0.2) is 6.23 Å². The highest BCUT2D eigenvalue weighted by atomic mass is 16.6. The van der Waals surface area contributed by atoms with E-state index in [9.17, 15) is 20.1 Å². The highest BCUT2D eigenvalue weighted by molar-refractivity contribution is 6.01. The number of allylic oxidation sites excluding steroid dienone is 1. The Morgan fingerprint density at radius 1 is 1.50 bits per heavy atom. The lowest BCUT2D eigenvalue weighted by molar-refractivity contribution is -0.137. The minimum Gasteiger partial charge on any atom is -0.463 e. The Morgan fingerprint density at radius 3 is 2.82 bits per heavy atom. The highest BCUT2D eigenvalue weighted by Crippen LogP contribution is 2.41. The van der Waals surface area contributed by atoms with E-state index in [1.807, 2.05) is 0 Å². The van der Waals surface area contributed by atoms with E-state index in [0.717, 1.165) is 0 Å². The average Bonchev–Trinajstić information content (AvgIpc) is 3.12. The molecular formula is C18H24N4O6. The maximum Gasteiger partial charge on any atom is 0.331 e.